The lowest BCUT2D eigenvalue weighted by atomic mass is 10.1. The van der Waals surface area contributed by atoms with Gasteiger partial charge in [0.2, 0.25) is 17.6 Å². The van der Waals surface area contributed by atoms with E-state index >= 15 is 0 Å². The molecule has 0 spiro atoms. The van der Waals surface area contributed by atoms with Gasteiger partial charge in [-0.2, -0.15) is 10.1 Å². The van der Waals surface area contributed by atoms with Crippen LogP contribution in [0.3, 0.4) is 0 Å². The molecular formula is C21H18FN5O2. The molecule has 0 aliphatic carbocycles. The number of benzene rings is 2. The third kappa shape index (κ3) is 4.21. The molecule has 7 nitrogen and oxygen atoms in total. The number of nitrogens with zero attached hydrogens (tertiary/aromatic N) is 4. The molecule has 1 N–H and O–H groups in total. The number of carbonyl (C=O) groups is 1. The fourth-order valence-corrected chi connectivity index (χ4v) is 2.83. The molecule has 146 valence electrons. The second kappa shape index (κ2) is 8.05. The van der Waals surface area contributed by atoms with Crippen LogP contribution in [0.4, 0.5) is 10.1 Å². The van der Waals surface area contributed by atoms with Crippen molar-refractivity contribution in [3.8, 4) is 17.1 Å². The van der Waals surface area contributed by atoms with Crippen molar-refractivity contribution in [2.45, 2.75) is 19.8 Å². The first-order chi connectivity index (χ1) is 14.1. The smallest absolute Gasteiger partial charge is 0.227 e. The van der Waals surface area contributed by atoms with Crippen LogP contribution >= 0.6 is 0 Å². The molecule has 0 radical (unpaired) electrons. The van der Waals surface area contributed by atoms with Crippen molar-refractivity contribution in [3.05, 3.63) is 78.2 Å². The third-order valence-corrected chi connectivity index (χ3v) is 4.39. The van der Waals surface area contributed by atoms with E-state index in [-0.39, 0.29) is 24.6 Å². The summed E-state index contributed by atoms with van der Waals surface area (Å²) in [7, 11) is 0. The maximum atomic E-state index is 13.7. The van der Waals surface area contributed by atoms with E-state index in [1.54, 1.807) is 36.1 Å². The lowest BCUT2D eigenvalue weighted by molar-refractivity contribution is -0.116. The number of halogens is 1. The van der Waals surface area contributed by atoms with Crippen molar-refractivity contribution in [2.75, 3.05) is 5.32 Å². The molecule has 0 saturated carbocycles. The number of anilines is 1. The van der Waals surface area contributed by atoms with Gasteiger partial charge in [-0.15, -0.1) is 0 Å². The van der Waals surface area contributed by atoms with Gasteiger partial charge in [-0.25, -0.2) is 9.07 Å². The van der Waals surface area contributed by atoms with E-state index in [1.807, 2.05) is 30.3 Å². The van der Waals surface area contributed by atoms with E-state index in [4.69, 9.17) is 4.52 Å². The lowest BCUT2D eigenvalue weighted by Crippen LogP contribution is -2.14. The Kier molecular flexibility index (Phi) is 5.15. The number of carbonyl (C=O) groups excluding carboxylic acids is 1. The number of para-hydroxylation sites is 2. The summed E-state index contributed by atoms with van der Waals surface area (Å²) in [4.78, 5) is 16.6. The number of aromatic nitrogens is 4. The Morgan fingerprint density at radius 1 is 1.21 bits per heavy atom. The SMILES string of the molecule is Cc1ccc(-c2noc(CCC(=O)Nc3ccccc3-n3cccn3)n2)cc1F. The molecule has 2 aromatic carbocycles. The minimum atomic E-state index is -0.330. The minimum Gasteiger partial charge on any atom is -0.339 e. The van der Waals surface area contributed by atoms with Crippen LogP contribution in [0.15, 0.2) is 65.4 Å². The standard InChI is InChI=1S/C21H18FN5O2/c1-14-7-8-15(13-16(14)22)21-25-20(29-26-21)10-9-19(28)24-17-5-2-3-6-18(17)27-12-4-11-23-27/h2-8,11-13H,9-10H2,1H3,(H,24,28). The van der Waals surface area contributed by atoms with Gasteiger partial charge in [-0.05, 0) is 36.8 Å². The van der Waals surface area contributed by atoms with Crippen molar-refractivity contribution in [3.63, 3.8) is 0 Å². The highest BCUT2D eigenvalue weighted by molar-refractivity contribution is 5.92. The Morgan fingerprint density at radius 3 is 2.86 bits per heavy atom. The monoisotopic (exact) mass is 391 g/mol. The third-order valence-electron chi connectivity index (χ3n) is 4.39. The first kappa shape index (κ1) is 18.5. The average Bonchev–Trinajstić information content (AvgIpc) is 3.41. The highest BCUT2D eigenvalue weighted by Gasteiger charge is 2.13. The van der Waals surface area contributed by atoms with Crippen molar-refractivity contribution in [1.82, 2.24) is 19.9 Å². The Balaban J connectivity index is 1.40. The highest BCUT2D eigenvalue weighted by atomic mass is 19.1. The first-order valence-electron chi connectivity index (χ1n) is 9.08. The van der Waals surface area contributed by atoms with Gasteiger partial charge in [0.1, 0.15) is 5.82 Å². The van der Waals surface area contributed by atoms with Crippen LogP contribution in [0.25, 0.3) is 17.1 Å². The van der Waals surface area contributed by atoms with Crippen LogP contribution in [0.2, 0.25) is 0 Å². The van der Waals surface area contributed by atoms with E-state index < -0.39 is 0 Å². The highest BCUT2D eigenvalue weighted by Crippen LogP contribution is 2.21. The summed E-state index contributed by atoms with van der Waals surface area (Å²) in [6.07, 6.45) is 3.92. The quantitative estimate of drug-likeness (QED) is 0.538. The van der Waals surface area contributed by atoms with Gasteiger partial charge in [-0.3, -0.25) is 4.79 Å². The van der Waals surface area contributed by atoms with E-state index in [2.05, 4.69) is 20.6 Å². The number of rotatable bonds is 6. The molecule has 0 unspecified atom stereocenters. The largest absolute Gasteiger partial charge is 0.339 e. The average molecular weight is 391 g/mol. The Labute approximate surface area is 166 Å². The van der Waals surface area contributed by atoms with Gasteiger partial charge in [0.15, 0.2) is 0 Å². The maximum absolute atomic E-state index is 13.7. The Hall–Kier alpha value is -3.81. The minimum absolute atomic E-state index is 0.164. The van der Waals surface area contributed by atoms with E-state index in [0.29, 0.717) is 28.5 Å². The molecule has 0 atom stereocenters. The van der Waals surface area contributed by atoms with Gasteiger partial charge in [0.25, 0.3) is 0 Å². The van der Waals surface area contributed by atoms with E-state index in [1.165, 1.54) is 6.07 Å². The summed E-state index contributed by atoms with van der Waals surface area (Å²) >= 11 is 0. The molecule has 0 fully saturated rings. The van der Waals surface area contributed by atoms with Crippen molar-refractivity contribution in [1.29, 1.82) is 0 Å². The lowest BCUT2D eigenvalue weighted by Gasteiger charge is -2.10. The van der Waals surface area contributed by atoms with Gasteiger partial charge >= 0.3 is 0 Å². The van der Waals surface area contributed by atoms with Gasteiger partial charge in [0.05, 0.1) is 11.4 Å². The molecule has 0 saturated heterocycles. The van der Waals surface area contributed by atoms with Crippen LogP contribution < -0.4 is 5.32 Å². The van der Waals surface area contributed by atoms with Gasteiger partial charge in [-0.1, -0.05) is 29.4 Å². The number of hydrogen-bond donors (Lipinski definition) is 1. The second-order valence-corrected chi connectivity index (χ2v) is 6.49. The summed E-state index contributed by atoms with van der Waals surface area (Å²) in [5, 5.41) is 10.9. The van der Waals surface area contributed by atoms with Crippen LogP contribution in [0.5, 0.6) is 0 Å². The van der Waals surface area contributed by atoms with Crippen LogP contribution in [-0.2, 0) is 11.2 Å². The molecule has 4 rings (SSSR count). The fraction of sp³-hybridized carbons (Fsp3) is 0.143. The summed E-state index contributed by atoms with van der Waals surface area (Å²) in [6.45, 7) is 1.68. The molecular weight excluding hydrogens is 373 g/mol. The number of hydrogen-bond acceptors (Lipinski definition) is 5. The first-order valence-corrected chi connectivity index (χ1v) is 9.08. The topological polar surface area (TPSA) is 85.8 Å². The Bertz CT molecular complexity index is 1140. The molecule has 8 heteroatoms. The second-order valence-electron chi connectivity index (χ2n) is 6.49. The predicted molar refractivity (Wildman–Crippen MR) is 105 cm³/mol. The Morgan fingerprint density at radius 2 is 2.07 bits per heavy atom. The zero-order valence-electron chi connectivity index (χ0n) is 15.7. The number of aryl methyl sites for hydroxylation is 2. The van der Waals surface area contributed by atoms with E-state index in [9.17, 15) is 9.18 Å². The molecule has 2 aromatic heterocycles. The zero-order valence-corrected chi connectivity index (χ0v) is 15.7. The zero-order chi connectivity index (χ0) is 20.2. The molecule has 0 aliphatic rings. The van der Waals surface area contributed by atoms with Crippen molar-refractivity contribution >= 4 is 11.6 Å². The van der Waals surface area contributed by atoms with Crippen molar-refractivity contribution < 1.29 is 13.7 Å². The van der Waals surface area contributed by atoms with E-state index in [0.717, 1.165) is 5.69 Å². The summed E-state index contributed by atoms with van der Waals surface area (Å²) in [6, 6.07) is 14.0. The predicted octanol–water partition coefficient (Wildman–Crippen LogP) is 3.94. The molecule has 29 heavy (non-hydrogen) atoms. The van der Waals surface area contributed by atoms with Gasteiger partial charge < -0.3 is 9.84 Å². The molecule has 0 bridgehead atoms. The number of nitrogens with one attached hydrogen (secondary N) is 1. The normalized spacial score (nSPS) is 10.8. The molecule has 4 aromatic rings. The van der Waals surface area contributed by atoms with Crippen LogP contribution in [0, 0.1) is 12.7 Å². The fourth-order valence-electron chi connectivity index (χ4n) is 2.83. The molecule has 1 amide bonds. The summed E-state index contributed by atoms with van der Waals surface area (Å²) < 4.78 is 20.6. The van der Waals surface area contributed by atoms with Gasteiger partial charge in [0, 0.05) is 30.8 Å². The molecule has 2 heterocycles. The summed E-state index contributed by atoms with van der Waals surface area (Å²) in [5.41, 5.74) is 2.50. The summed E-state index contributed by atoms with van der Waals surface area (Å²) in [5.74, 6) is 0.0923. The van der Waals surface area contributed by atoms with Crippen LogP contribution in [0.1, 0.15) is 17.9 Å². The van der Waals surface area contributed by atoms with Crippen molar-refractivity contribution in [2.24, 2.45) is 0 Å². The molecule has 0 aliphatic heterocycles. The van der Waals surface area contributed by atoms with Crippen LogP contribution in [-0.4, -0.2) is 25.8 Å². The number of amides is 1. The maximum Gasteiger partial charge on any atom is 0.227 e.